The van der Waals surface area contributed by atoms with Crippen molar-refractivity contribution in [3.05, 3.63) is 46.6 Å². The van der Waals surface area contributed by atoms with E-state index >= 15 is 0 Å². The first-order valence-electron chi connectivity index (χ1n) is 7.67. The van der Waals surface area contributed by atoms with E-state index in [4.69, 9.17) is 0 Å². The van der Waals surface area contributed by atoms with Crippen LogP contribution in [0.3, 0.4) is 0 Å². The van der Waals surface area contributed by atoms with Crippen molar-refractivity contribution < 1.29 is 9.18 Å². The molecule has 0 atom stereocenters. The monoisotopic (exact) mass is 345 g/mol. The van der Waals surface area contributed by atoms with E-state index in [9.17, 15) is 9.18 Å². The fourth-order valence-electron chi connectivity index (χ4n) is 2.81. The maximum absolute atomic E-state index is 13.2. The summed E-state index contributed by atoms with van der Waals surface area (Å²) in [6.45, 7) is 1.86. The Morgan fingerprint density at radius 3 is 3.12 bits per heavy atom. The van der Waals surface area contributed by atoms with Crippen molar-refractivity contribution in [2.45, 2.75) is 19.4 Å². The molecular weight excluding hydrogens is 329 g/mol. The minimum absolute atomic E-state index is 0.132. The lowest BCUT2D eigenvalue weighted by Gasteiger charge is -2.20. The Kier molecular flexibility index (Phi) is 3.78. The van der Waals surface area contributed by atoms with Gasteiger partial charge in [-0.15, -0.1) is 11.3 Å². The second kappa shape index (κ2) is 5.95. The number of nitrogens with one attached hydrogen (secondary N) is 1. The number of rotatable bonds is 3. The average Bonchev–Trinajstić information content (AvgIpc) is 3.08. The summed E-state index contributed by atoms with van der Waals surface area (Å²) in [4.78, 5) is 24.5. The number of carbonyl (C=O) groups is 1. The number of carbonyl (C=O) groups excluding carboxylic acids is 1. The van der Waals surface area contributed by atoms with Gasteiger partial charge >= 0.3 is 0 Å². The molecule has 0 saturated heterocycles. The lowest BCUT2D eigenvalue weighted by molar-refractivity contribution is -0.115. The Morgan fingerprint density at radius 2 is 2.25 bits per heavy atom. The molecular formula is C16H16FN5OS. The SMILES string of the molecule is CN1CCc2nc(NC(=O)Cc3cn4cc(F)ccc4n3)sc2C1. The lowest BCUT2D eigenvalue weighted by atomic mass is 10.2. The summed E-state index contributed by atoms with van der Waals surface area (Å²) in [5.41, 5.74) is 2.29. The molecule has 24 heavy (non-hydrogen) atoms. The Hall–Kier alpha value is -2.32. The smallest absolute Gasteiger partial charge is 0.232 e. The van der Waals surface area contributed by atoms with Crippen molar-refractivity contribution >= 4 is 28.0 Å². The van der Waals surface area contributed by atoms with Crippen molar-refractivity contribution in [2.24, 2.45) is 0 Å². The number of amides is 1. The maximum Gasteiger partial charge on any atom is 0.232 e. The second-order valence-electron chi connectivity index (χ2n) is 5.95. The van der Waals surface area contributed by atoms with Crippen molar-refractivity contribution in [1.29, 1.82) is 0 Å². The number of likely N-dealkylation sites (N-methyl/N-ethyl adjacent to an activating group) is 1. The zero-order chi connectivity index (χ0) is 16.7. The minimum Gasteiger partial charge on any atom is -0.304 e. The van der Waals surface area contributed by atoms with Gasteiger partial charge in [0, 0.05) is 36.8 Å². The number of halogens is 1. The first-order chi connectivity index (χ1) is 11.6. The number of fused-ring (bicyclic) bond motifs is 2. The molecule has 0 aromatic carbocycles. The van der Waals surface area contributed by atoms with Crippen LogP contribution in [0.1, 0.15) is 16.3 Å². The fourth-order valence-corrected chi connectivity index (χ4v) is 3.91. The summed E-state index contributed by atoms with van der Waals surface area (Å²) in [5.74, 6) is -0.507. The molecule has 4 heterocycles. The van der Waals surface area contributed by atoms with Crippen molar-refractivity contribution in [3.8, 4) is 0 Å². The van der Waals surface area contributed by atoms with Crippen LogP contribution in [-0.2, 0) is 24.2 Å². The molecule has 0 aliphatic carbocycles. The summed E-state index contributed by atoms with van der Waals surface area (Å²) in [7, 11) is 2.08. The van der Waals surface area contributed by atoms with E-state index in [1.165, 1.54) is 28.5 Å². The van der Waals surface area contributed by atoms with E-state index < -0.39 is 0 Å². The van der Waals surface area contributed by atoms with Crippen molar-refractivity contribution in [1.82, 2.24) is 19.3 Å². The molecule has 3 aromatic heterocycles. The van der Waals surface area contributed by atoms with Crippen LogP contribution in [-0.4, -0.2) is 38.8 Å². The number of imidazole rings is 1. The highest BCUT2D eigenvalue weighted by Gasteiger charge is 2.19. The summed E-state index contributed by atoms with van der Waals surface area (Å²) in [6.07, 6.45) is 4.05. The van der Waals surface area contributed by atoms with Gasteiger partial charge in [0.15, 0.2) is 5.13 Å². The number of anilines is 1. The van der Waals surface area contributed by atoms with Gasteiger partial charge in [-0.2, -0.15) is 0 Å². The number of thiazole rings is 1. The summed E-state index contributed by atoms with van der Waals surface area (Å²) in [6, 6.07) is 2.94. The molecule has 1 aliphatic heterocycles. The van der Waals surface area contributed by atoms with Gasteiger partial charge in [-0.25, -0.2) is 14.4 Å². The van der Waals surface area contributed by atoms with Gasteiger partial charge in [0.05, 0.1) is 17.8 Å². The number of hydrogen-bond donors (Lipinski definition) is 1. The first kappa shape index (κ1) is 15.2. The highest BCUT2D eigenvalue weighted by molar-refractivity contribution is 7.15. The highest BCUT2D eigenvalue weighted by Crippen LogP contribution is 2.27. The van der Waals surface area contributed by atoms with Crippen LogP contribution in [0.5, 0.6) is 0 Å². The third kappa shape index (κ3) is 3.02. The minimum atomic E-state index is -0.339. The third-order valence-electron chi connectivity index (χ3n) is 3.97. The molecule has 1 amide bonds. The zero-order valence-electron chi connectivity index (χ0n) is 13.1. The van der Waals surface area contributed by atoms with Crippen molar-refractivity contribution in [3.63, 3.8) is 0 Å². The molecule has 1 aliphatic rings. The van der Waals surface area contributed by atoms with Crippen LogP contribution in [0.4, 0.5) is 9.52 Å². The van der Waals surface area contributed by atoms with E-state index in [1.54, 1.807) is 16.7 Å². The molecule has 4 rings (SSSR count). The van der Waals surface area contributed by atoms with Crippen LogP contribution in [0, 0.1) is 5.82 Å². The van der Waals surface area contributed by atoms with E-state index in [0.717, 1.165) is 25.2 Å². The van der Waals surface area contributed by atoms with Gasteiger partial charge in [-0.3, -0.25) is 4.79 Å². The molecule has 0 spiro atoms. The molecule has 124 valence electrons. The number of pyridine rings is 1. The quantitative estimate of drug-likeness (QED) is 0.790. The molecule has 6 nitrogen and oxygen atoms in total. The standard InChI is InChI=1S/C16H16FN5OS/c1-21-5-4-12-13(9-21)24-16(19-12)20-15(23)6-11-8-22-7-10(17)2-3-14(22)18-11/h2-3,7-8H,4-6,9H2,1H3,(H,19,20,23). The Bertz CT molecular complexity index is 918. The van der Waals surface area contributed by atoms with Gasteiger partial charge in [-0.1, -0.05) is 0 Å². The molecule has 0 radical (unpaired) electrons. The van der Waals surface area contributed by atoms with Crippen LogP contribution in [0.2, 0.25) is 0 Å². The number of aromatic nitrogens is 3. The average molecular weight is 345 g/mol. The summed E-state index contributed by atoms with van der Waals surface area (Å²) < 4.78 is 14.8. The van der Waals surface area contributed by atoms with E-state index in [0.29, 0.717) is 16.5 Å². The van der Waals surface area contributed by atoms with Crippen LogP contribution >= 0.6 is 11.3 Å². The molecule has 1 N–H and O–H groups in total. The van der Waals surface area contributed by atoms with Crippen molar-refractivity contribution in [2.75, 3.05) is 18.9 Å². The Balaban J connectivity index is 1.46. The van der Waals surface area contributed by atoms with E-state index in [2.05, 4.69) is 27.2 Å². The topological polar surface area (TPSA) is 62.5 Å². The highest BCUT2D eigenvalue weighted by atomic mass is 32.1. The summed E-state index contributed by atoms with van der Waals surface area (Å²) in [5, 5.41) is 3.48. The van der Waals surface area contributed by atoms with Gasteiger partial charge in [-0.05, 0) is 19.2 Å². The van der Waals surface area contributed by atoms with Gasteiger partial charge in [0.2, 0.25) is 5.91 Å². The summed E-state index contributed by atoms with van der Waals surface area (Å²) >= 11 is 1.53. The van der Waals surface area contributed by atoms with Gasteiger partial charge < -0.3 is 14.6 Å². The van der Waals surface area contributed by atoms with Crippen LogP contribution in [0.15, 0.2) is 24.5 Å². The van der Waals surface area contributed by atoms with E-state index in [-0.39, 0.29) is 18.1 Å². The van der Waals surface area contributed by atoms with E-state index in [1.807, 2.05) is 0 Å². The zero-order valence-corrected chi connectivity index (χ0v) is 13.9. The molecule has 8 heteroatoms. The predicted molar refractivity (Wildman–Crippen MR) is 89.6 cm³/mol. The predicted octanol–water partition coefficient (Wildman–Crippen LogP) is 2.10. The third-order valence-corrected chi connectivity index (χ3v) is 4.97. The first-order valence-corrected chi connectivity index (χ1v) is 8.48. The van der Waals surface area contributed by atoms with Crippen LogP contribution < -0.4 is 5.32 Å². The number of nitrogens with zero attached hydrogens (tertiary/aromatic N) is 4. The Labute approximate surface area is 142 Å². The molecule has 3 aromatic rings. The maximum atomic E-state index is 13.2. The second-order valence-corrected chi connectivity index (χ2v) is 7.03. The van der Waals surface area contributed by atoms with Gasteiger partial charge in [0.25, 0.3) is 0 Å². The Morgan fingerprint density at radius 1 is 1.38 bits per heavy atom. The van der Waals surface area contributed by atoms with Crippen LogP contribution in [0.25, 0.3) is 5.65 Å². The molecule has 0 fully saturated rings. The lowest BCUT2D eigenvalue weighted by Crippen LogP contribution is -2.25. The molecule has 0 saturated carbocycles. The van der Waals surface area contributed by atoms with Gasteiger partial charge in [0.1, 0.15) is 11.5 Å². The largest absolute Gasteiger partial charge is 0.304 e. The normalized spacial score (nSPS) is 14.8. The molecule has 0 bridgehead atoms. The molecule has 0 unspecified atom stereocenters. The number of hydrogen-bond acceptors (Lipinski definition) is 5. The fraction of sp³-hybridized carbons (Fsp3) is 0.312.